The summed E-state index contributed by atoms with van der Waals surface area (Å²) in [5.74, 6) is 1.07. The lowest BCUT2D eigenvalue weighted by molar-refractivity contribution is -0.384. The number of methoxy groups -OCH3 is 2. The van der Waals surface area contributed by atoms with Gasteiger partial charge in [-0.25, -0.2) is 8.42 Å². The van der Waals surface area contributed by atoms with E-state index in [1.165, 1.54) is 42.8 Å². The summed E-state index contributed by atoms with van der Waals surface area (Å²) in [7, 11) is -0.982. The highest BCUT2D eigenvalue weighted by Crippen LogP contribution is 2.30. The van der Waals surface area contributed by atoms with Crippen molar-refractivity contribution in [3.8, 4) is 11.5 Å². The van der Waals surface area contributed by atoms with Gasteiger partial charge in [-0.1, -0.05) is 17.7 Å². The van der Waals surface area contributed by atoms with Crippen molar-refractivity contribution in [2.24, 2.45) is 0 Å². The number of sulfonamides is 1. The fraction of sp³-hybridized carbons (Fsp3) is 0.182. The van der Waals surface area contributed by atoms with Crippen LogP contribution in [0.2, 0.25) is 0 Å². The average molecular weight is 442 g/mol. The van der Waals surface area contributed by atoms with Crippen molar-refractivity contribution in [2.45, 2.75) is 18.4 Å². The van der Waals surface area contributed by atoms with E-state index in [1.54, 1.807) is 30.3 Å². The number of nitro groups is 1. The van der Waals surface area contributed by atoms with Crippen LogP contribution in [-0.2, 0) is 16.6 Å². The minimum Gasteiger partial charge on any atom is -0.497 e. The Morgan fingerprint density at radius 2 is 1.45 bits per heavy atom. The molecular formula is C22H22N2O6S. The Balaban J connectivity index is 2.08. The summed E-state index contributed by atoms with van der Waals surface area (Å²) in [6.07, 6.45) is 0. The molecule has 3 aromatic carbocycles. The second-order valence-corrected chi connectivity index (χ2v) is 8.68. The number of non-ortho nitro benzene ring substituents is 1. The van der Waals surface area contributed by atoms with Gasteiger partial charge >= 0.3 is 0 Å². The number of nitro benzene ring substituents is 1. The Hall–Kier alpha value is -3.59. The van der Waals surface area contributed by atoms with Crippen LogP contribution in [0.5, 0.6) is 11.5 Å². The van der Waals surface area contributed by atoms with Gasteiger partial charge < -0.3 is 9.47 Å². The smallest absolute Gasteiger partial charge is 0.269 e. The standard InChI is InChI=1S/C22H22N2O6S/c1-16-4-6-18(7-5-16)23(15-17-12-20(29-2)14-21(13-17)30-3)31(27,28)22-10-8-19(9-11-22)24(25)26/h4-14H,15H2,1-3H3. The Bertz CT molecular complexity index is 1150. The van der Waals surface area contributed by atoms with Gasteiger partial charge in [0.05, 0.1) is 36.3 Å². The lowest BCUT2D eigenvalue weighted by Crippen LogP contribution is -2.30. The van der Waals surface area contributed by atoms with Gasteiger partial charge in [0.2, 0.25) is 0 Å². The molecule has 0 saturated heterocycles. The first-order chi connectivity index (χ1) is 14.7. The zero-order valence-electron chi connectivity index (χ0n) is 17.3. The molecule has 0 fully saturated rings. The number of anilines is 1. The van der Waals surface area contributed by atoms with E-state index in [4.69, 9.17) is 9.47 Å². The summed E-state index contributed by atoms with van der Waals surface area (Å²) in [4.78, 5) is 10.3. The van der Waals surface area contributed by atoms with Crippen LogP contribution in [0.15, 0.2) is 71.6 Å². The Kier molecular flexibility index (Phi) is 6.45. The van der Waals surface area contributed by atoms with Crippen LogP contribution < -0.4 is 13.8 Å². The van der Waals surface area contributed by atoms with E-state index < -0.39 is 14.9 Å². The molecule has 0 saturated carbocycles. The first-order valence-electron chi connectivity index (χ1n) is 9.30. The molecule has 0 spiro atoms. The van der Waals surface area contributed by atoms with E-state index >= 15 is 0 Å². The van der Waals surface area contributed by atoms with E-state index in [0.29, 0.717) is 22.7 Å². The van der Waals surface area contributed by atoms with Gasteiger partial charge in [0.1, 0.15) is 11.5 Å². The van der Waals surface area contributed by atoms with Crippen molar-refractivity contribution in [3.63, 3.8) is 0 Å². The maximum absolute atomic E-state index is 13.5. The van der Waals surface area contributed by atoms with Crippen molar-refractivity contribution >= 4 is 21.4 Å². The second kappa shape index (κ2) is 9.05. The first kappa shape index (κ1) is 22.1. The number of rotatable bonds is 8. The largest absolute Gasteiger partial charge is 0.497 e. The fourth-order valence-corrected chi connectivity index (χ4v) is 4.47. The predicted octanol–water partition coefficient (Wildman–Crippen LogP) is 4.32. The third-order valence-electron chi connectivity index (χ3n) is 4.69. The van der Waals surface area contributed by atoms with Crippen LogP contribution in [-0.4, -0.2) is 27.6 Å². The maximum Gasteiger partial charge on any atom is 0.269 e. The van der Waals surface area contributed by atoms with Crippen LogP contribution >= 0.6 is 0 Å². The van der Waals surface area contributed by atoms with Crippen molar-refractivity contribution in [1.82, 2.24) is 0 Å². The van der Waals surface area contributed by atoms with Gasteiger partial charge in [-0.3, -0.25) is 14.4 Å². The lowest BCUT2D eigenvalue weighted by Gasteiger charge is -2.25. The maximum atomic E-state index is 13.5. The SMILES string of the molecule is COc1cc(CN(c2ccc(C)cc2)S(=O)(=O)c2ccc([N+](=O)[O-])cc2)cc(OC)c1. The lowest BCUT2D eigenvalue weighted by atomic mass is 10.2. The molecule has 0 amide bonds. The van der Waals surface area contributed by atoms with Crippen molar-refractivity contribution in [3.05, 3.63) is 88.0 Å². The molecule has 0 heterocycles. The molecule has 8 nitrogen and oxygen atoms in total. The van der Waals surface area contributed by atoms with Crippen molar-refractivity contribution < 1.29 is 22.8 Å². The predicted molar refractivity (Wildman–Crippen MR) is 117 cm³/mol. The minimum absolute atomic E-state index is 0.00986. The molecule has 9 heteroatoms. The number of benzene rings is 3. The van der Waals surface area contributed by atoms with Crippen LogP contribution in [0.1, 0.15) is 11.1 Å². The number of ether oxygens (including phenoxy) is 2. The third-order valence-corrected chi connectivity index (χ3v) is 6.48. The third kappa shape index (κ3) is 4.95. The van der Waals surface area contributed by atoms with Crippen molar-refractivity contribution in [2.75, 3.05) is 18.5 Å². The van der Waals surface area contributed by atoms with Gasteiger partial charge in [0.25, 0.3) is 15.7 Å². The molecular weight excluding hydrogens is 420 g/mol. The van der Waals surface area contributed by atoms with E-state index in [1.807, 2.05) is 19.1 Å². The Morgan fingerprint density at radius 3 is 1.94 bits per heavy atom. The van der Waals surface area contributed by atoms with E-state index in [9.17, 15) is 18.5 Å². The molecule has 0 aliphatic rings. The molecule has 162 valence electrons. The van der Waals surface area contributed by atoms with Gasteiger partial charge in [0, 0.05) is 18.2 Å². The molecule has 0 atom stereocenters. The van der Waals surface area contributed by atoms with Gasteiger partial charge in [-0.2, -0.15) is 0 Å². The highest BCUT2D eigenvalue weighted by molar-refractivity contribution is 7.92. The zero-order chi connectivity index (χ0) is 22.6. The number of hydrogen-bond acceptors (Lipinski definition) is 6. The first-order valence-corrected chi connectivity index (χ1v) is 10.7. The van der Waals surface area contributed by atoms with Crippen LogP contribution in [0.4, 0.5) is 11.4 Å². The molecule has 3 aromatic rings. The molecule has 31 heavy (non-hydrogen) atoms. The zero-order valence-corrected chi connectivity index (χ0v) is 18.1. The summed E-state index contributed by atoms with van der Waals surface area (Å²) >= 11 is 0. The molecule has 0 bridgehead atoms. The van der Waals surface area contributed by atoms with Crippen LogP contribution in [0, 0.1) is 17.0 Å². The molecule has 0 unspecified atom stereocenters. The van der Waals surface area contributed by atoms with Gasteiger partial charge in [0.15, 0.2) is 0 Å². The second-order valence-electron chi connectivity index (χ2n) is 6.82. The molecule has 0 N–H and O–H groups in total. The average Bonchev–Trinajstić information content (AvgIpc) is 2.77. The molecule has 0 radical (unpaired) electrons. The summed E-state index contributed by atoms with van der Waals surface area (Å²) in [6, 6.07) is 17.1. The summed E-state index contributed by atoms with van der Waals surface area (Å²) in [5, 5.41) is 10.9. The van der Waals surface area contributed by atoms with Gasteiger partial charge in [-0.15, -0.1) is 0 Å². The van der Waals surface area contributed by atoms with E-state index in [-0.39, 0.29) is 17.1 Å². The monoisotopic (exact) mass is 442 g/mol. The molecule has 0 aliphatic heterocycles. The van der Waals surface area contributed by atoms with E-state index in [0.717, 1.165) is 5.56 Å². The molecule has 0 aliphatic carbocycles. The summed E-state index contributed by atoms with van der Waals surface area (Å²) < 4.78 is 38.9. The van der Waals surface area contributed by atoms with Crippen LogP contribution in [0.25, 0.3) is 0 Å². The summed E-state index contributed by atoms with van der Waals surface area (Å²) in [5.41, 5.74) is 1.92. The highest BCUT2D eigenvalue weighted by atomic mass is 32.2. The quantitative estimate of drug-likeness (QED) is 0.381. The van der Waals surface area contributed by atoms with Crippen molar-refractivity contribution in [1.29, 1.82) is 0 Å². The molecule has 3 rings (SSSR count). The van der Waals surface area contributed by atoms with Gasteiger partial charge in [-0.05, 0) is 48.9 Å². The normalized spacial score (nSPS) is 11.1. The summed E-state index contributed by atoms with van der Waals surface area (Å²) in [6.45, 7) is 1.92. The topological polar surface area (TPSA) is 99.0 Å². The molecule has 0 aromatic heterocycles. The van der Waals surface area contributed by atoms with E-state index in [2.05, 4.69) is 0 Å². The Labute approximate surface area is 180 Å². The van der Waals surface area contributed by atoms with Crippen LogP contribution in [0.3, 0.4) is 0 Å². The Morgan fingerprint density at radius 1 is 0.903 bits per heavy atom. The minimum atomic E-state index is -4.02. The fourth-order valence-electron chi connectivity index (χ4n) is 3.02. The highest BCUT2D eigenvalue weighted by Gasteiger charge is 2.26. The number of hydrogen-bond donors (Lipinski definition) is 0. The number of nitrogens with zero attached hydrogens (tertiary/aromatic N) is 2. The number of aryl methyl sites for hydroxylation is 1.